The van der Waals surface area contributed by atoms with Crippen LogP contribution in [0.3, 0.4) is 0 Å². The van der Waals surface area contributed by atoms with Crippen LogP contribution in [0.1, 0.15) is 26.3 Å². The fourth-order valence-electron chi connectivity index (χ4n) is 1.67. The fourth-order valence-corrected chi connectivity index (χ4v) is 2.20. The van der Waals surface area contributed by atoms with Crippen LogP contribution < -0.4 is 5.32 Å². The number of carbonyl (C=O) groups is 2. The molecule has 0 aliphatic rings. The largest absolute Gasteiger partial charge is 0.444 e. The number of rotatable bonds is 5. The lowest BCUT2D eigenvalue weighted by molar-refractivity contribution is -0.117. The smallest absolute Gasteiger partial charge is 0.410 e. The number of thioether (sulfide) groups is 1. The molecule has 122 valence electrons. The Hall–Kier alpha value is -1.69. The summed E-state index contributed by atoms with van der Waals surface area (Å²) in [7, 11) is 1.54. The van der Waals surface area contributed by atoms with Crippen LogP contribution >= 0.6 is 11.8 Å². The molecule has 22 heavy (non-hydrogen) atoms. The topological polar surface area (TPSA) is 58.6 Å². The Kier molecular flexibility index (Phi) is 6.74. The first-order chi connectivity index (χ1) is 10.2. The molecule has 1 N–H and O–H groups in total. The molecule has 0 spiro atoms. The molecule has 2 amide bonds. The van der Waals surface area contributed by atoms with Crippen molar-refractivity contribution in [3.8, 4) is 0 Å². The van der Waals surface area contributed by atoms with Gasteiger partial charge in [0.25, 0.3) is 0 Å². The molecular weight excluding hydrogens is 300 g/mol. The summed E-state index contributed by atoms with van der Waals surface area (Å²) in [6.45, 7) is 5.31. The molecule has 0 unspecified atom stereocenters. The normalized spacial score (nSPS) is 11.0. The van der Waals surface area contributed by atoms with Crippen LogP contribution in [-0.4, -0.2) is 42.3 Å². The summed E-state index contributed by atoms with van der Waals surface area (Å²) in [5, 5.41) is 2.76. The Morgan fingerprint density at radius 2 is 1.82 bits per heavy atom. The van der Waals surface area contributed by atoms with Crippen molar-refractivity contribution in [1.29, 1.82) is 0 Å². The van der Waals surface area contributed by atoms with Crippen molar-refractivity contribution in [3.63, 3.8) is 0 Å². The fraction of sp³-hybridized carbons (Fsp3) is 0.500. The third-order valence-corrected chi connectivity index (χ3v) is 3.26. The van der Waals surface area contributed by atoms with Crippen LogP contribution in [0.25, 0.3) is 0 Å². The standard InChI is InChI=1S/C16H24N2O3S/c1-16(2,3)21-15(20)18(4)10-14(19)17-13-8-6-12(7-9-13)11-22-5/h6-9H,10-11H2,1-5H3,(H,17,19). The Bertz CT molecular complexity index is 509. The van der Waals surface area contributed by atoms with Gasteiger partial charge in [0.2, 0.25) is 5.91 Å². The van der Waals surface area contributed by atoms with Gasteiger partial charge < -0.3 is 15.0 Å². The summed E-state index contributed by atoms with van der Waals surface area (Å²) < 4.78 is 5.20. The van der Waals surface area contributed by atoms with Gasteiger partial charge in [-0.1, -0.05) is 12.1 Å². The average Bonchev–Trinajstić information content (AvgIpc) is 2.39. The number of benzene rings is 1. The summed E-state index contributed by atoms with van der Waals surface area (Å²) in [6.07, 6.45) is 1.53. The van der Waals surface area contributed by atoms with Crippen molar-refractivity contribution in [2.75, 3.05) is 25.2 Å². The average molecular weight is 324 g/mol. The highest BCUT2D eigenvalue weighted by molar-refractivity contribution is 7.97. The van der Waals surface area contributed by atoms with Crippen molar-refractivity contribution in [2.24, 2.45) is 0 Å². The van der Waals surface area contributed by atoms with E-state index >= 15 is 0 Å². The van der Waals surface area contributed by atoms with E-state index in [4.69, 9.17) is 4.74 Å². The molecule has 0 aliphatic heterocycles. The lowest BCUT2D eigenvalue weighted by Gasteiger charge is -2.24. The van der Waals surface area contributed by atoms with E-state index in [1.165, 1.54) is 17.5 Å². The maximum atomic E-state index is 11.9. The van der Waals surface area contributed by atoms with Crippen LogP contribution in [0.2, 0.25) is 0 Å². The molecule has 0 bridgehead atoms. The van der Waals surface area contributed by atoms with Gasteiger partial charge in [0.15, 0.2) is 0 Å². The quantitative estimate of drug-likeness (QED) is 0.902. The van der Waals surface area contributed by atoms with Crippen molar-refractivity contribution in [3.05, 3.63) is 29.8 Å². The number of carbonyl (C=O) groups excluding carboxylic acids is 2. The van der Waals surface area contributed by atoms with Gasteiger partial charge in [-0.2, -0.15) is 11.8 Å². The molecule has 0 saturated carbocycles. The third-order valence-electron chi connectivity index (χ3n) is 2.63. The first kappa shape index (κ1) is 18.4. The van der Waals surface area contributed by atoms with Gasteiger partial charge in [0.05, 0.1) is 0 Å². The van der Waals surface area contributed by atoms with Crippen LogP contribution in [0.5, 0.6) is 0 Å². The highest BCUT2D eigenvalue weighted by Gasteiger charge is 2.21. The number of amides is 2. The lowest BCUT2D eigenvalue weighted by atomic mass is 10.2. The van der Waals surface area contributed by atoms with Crippen molar-refractivity contribution < 1.29 is 14.3 Å². The summed E-state index contributed by atoms with van der Waals surface area (Å²) in [4.78, 5) is 25.0. The molecule has 0 aromatic heterocycles. The summed E-state index contributed by atoms with van der Waals surface area (Å²) >= 11 is 1.75. The SMILES string of the molecule is CSCc1ccc(NC(=O)CN(C)C(=O)OC(C)(C)C)cc1. The third kappa shape index (κ3) is 6.85. The maximum absolute atomic E-state index is 11.9. The number of ether oxygens (including phenoxy) is 1. The molecule has 1 aromatic carbocycles. The minimum absolute atomic E-state index is 0.0541. The number of nitrogens with zero attached hydrogens (tertiary/aromatic N) is 1. The Morgan fingerprint density at radius 3 is 2.32 bits per heavy atom. The number of hydrogen-bond donors (Lipinski definition) is 1. The molecule has 1 aromatic rings. The highest BCUT2D eigenvalue weighted by Crippen LogP contribution is 2.14. The molecule has 0 atom stereocenters. The minimum Gasteiger partial charge on any atom is -0.444 e. The molecular formula is C16H24N2O3S. The zero-order valence-corrected chi connectivity index (χ0v) is 14.6. The van der Waals surface area contributed by atoms with Crippen LogP contribution in [-0.2, 0) is 15.3 Å². The van der Waals surface area contributed by atoms with Gasteiger partial charge in [-0.15, -0.1) is 0 Å². The van der Waals surface area contributed by atoms with Gasteiger partial charge in [-0.05, 0) is 44.7 Å². The molecule has 0 aliphatic carbocycles. The lowest BCUT2D eigenvalue weighted by Crippen LogP contribution is -2.38. The Labute approximate surface area is 136 Å². The van der Waals surface area contributed by atoms with Gasteiger partial charge in [0.1, 0.15) is 12.1 Å². The number of anilines is 1. The first-order valence-electron chi connectivity index (χ1n) is 7.03. The second kappa shape index (κ2) is 8.08. The van der Waals surface area contributed by atoms with E-state index in [9.17, 15) is 9.59 Å². The second-order valence-electron chi connectivity index (χ2n) is 6.01. The molecule has 0 heterocycles. The molecule has 0 fully saturated rings. The van der Waals surface area contributed by atoms with Crippen LogP contribution in [0, 0.1) is 0 Å². The van der Waals surface area contributed by atoms with Crippen molar-refractivity contribution in [1.82, 2.24) is 4.90 Å². The predicted molar refractivity (Wildman–Crippen MR) is 91.2 cm³/mol. The summed E-state index contributed by atoms with van der Waals surface area (Å²) in [5.41, 5.74) is 1.35. The molecule has 1 rings (SSSR count). The van der Waals surface area contributed by atoms with E-state index in [1.807, 2.05) is 30.5 Å². The first-order valence-corrected chi connectivity index (χ1v) is 8.42. The zero-order valence-electron chi connectivity index (χ0n) is 13.8. The Morgan fingerprint density at radius 1 is 1.23 bits per heavy atom. The van der Waals surface area contributed by atoms with Gasteiger partial charge in [-0.25, -0.2) is 4.79 Å². The monoisotopic (exact) mass is 324 g/mol. The van der Waals surface area contributed by atoms with Crippen molar-refractivity contribution in [2.45, 2.75) is 32.1 Å². The summed E-state index contributed by atoms with van der Waals surface area (Å²) in [5.74, 6) is 0.682. The van der Waals surface area contributed by atoms with E-state index < -0.39 is 11.7 Å². The van der Waals surface area contributed by atoms with Gasteiger partial charge in [0, 0.05) is 18.5 Å². The molecule has 6 heteroatoms. The summed E-state index contributed by atoms with van der Waals surface area (Å²) in [6, 6.07) is 7.67. The second-order valence-corrected chi connectivity index (χ2v) is 6.88. The van der Waals surface area contributed by atoms with E-state index in [-0.39, 0.29) is 12.5 Å². The van der Waals surface area contributed by atoms with E-state index in [0.29, 0.717) is 5.69 Å². The van der Waals surface area contributed by atoms with E-state index in [0.717, 1.165) is 5.75 Å². The Balaban J connectivity index is 2.50. The minimum atomic E-state index is -0.574. The zero-order chi connectivity index (χ0) is 16.8. The van der Waals surface area contributed by atoms with E-state index in [2.05, 4.69) is 5.32 Å². The van der Waals surface area contributed by atoms with Crippen molar-refractivity contribution >= 4 is 29.4 Å². The van der Waals surface area contributed by atoms with Crippen LogP contribution in [0.4, 0.5) is 10.5 Å². The molecule has 0 saturated heterocycles. The van der Waals surface area contributed by atoms with Crippen LogP contribution in [0.15, 0.2) is 24.3 Å². The van der Waals surface area contributed by atoms with Gasteiger partial charge in [-0.3, -0.25) is 4.79 Å². The molecule has 0 radical (unpaired) electrons. The highest BCUT2D eigenvalue weighted by atomic mass is 32.2. The molecule has 5 nitrogen and oxygen atoms in total. The number of hydrogen-bond acceptors (Lipinski definition) is 4. The number of likely N-dealkylation sites (N-methyl/N-ethyl adjacent to an activating group) is 1. The van der Waals surface area contributed by atoms with Gasteiger partial charge >= 0.3 is 6.09 Å². The van der Waals surface area contributed by atoms with E-state index in [1.54, 1.807) is 32.5 Å². The maximum Gasteiger partial charge on any atom is 0.410 e. The number of nitrogens with one attached hydrogen (secondary N) is 1. The predicted octanol–water partition coefficient (Wildman–Crippen LogP) is 3.36.